The highest BCUT2D eigenvalue weighted by atomic mass is 35.5. The summed E-state index contributed by atoms with van der Waals surface area (Å²) in [6.45, 7) is -0.243. The van der Waals surface area contributed by atoms with Crippen LogP contribution in [-0.2, 0) is 11.3 Å². The molecular weight excluding hydrogens is 260 g/mol. The van der Waals surface area contributed by atoms with Crippen LogP contribution in [0.1, 0.15) is 0 Å². The fourth-order valence-corrected chi connectivity index (χ4v) is 1.32. The van der Waals surface area contributed by atoms with Crippen LogP contribution in [0.15, 0.2) is 11.0 Å². The minimum atomic E-state index is -1.42. The summed E-state index contributed by atoms with van der Waals surface area (Å²) >= 11 is 5.78. The molecule has 1 aromatic rings. The molecule has 0 aliphatic carbocycles. The van der Waals surface area contributed by atoms with E-state index in [0.29, 0.717) is 0 Å². The van der Waals surface area contributed by atoms with E-state index in [1.807, 2.05) is 0 Å². The monoisotopic (exact) mass is 270 g/mol. The number of aliphatic hydroxyl groups is 1. The molecular formula is C10H11ClN4O3. The van der Waals surface area contributed by atoms with Crippen molar-refractivity contribution >= 4 is 23.2 Å². The summed E-state index contributed by atoms with van der Waals surface area (Å²) in [6, 6.07) is 0. The maximum absolute atomic E-state index is 11.8. The number of carbonyl (C=O) groups is 1. The number of primary amides is 1. The number of halogens is 1. The molecule has 0 saturated heterocycles. The van der Waals surface area contributed by atoms with Crippen molar-refractivity contribution in [3.63, 3.8) is 0 Å². The van der Waals surface area contributed by atoms with Crippen molar-refractivity contribution in [1.29, 1.82) is 0 Å². The van der Waals surface area contributed by atoms with E-state index in [0.717, 1.165) is 4.68 Å². The molecule has 7 nitrogen and oxygen atoms in total. The highest BCUT2D eigenvalue weighted by molar-refractivity contribution is 6.33. The first-order valence-corrected chi connectivity index (χ1v) is 5.25. The zero-order chi connectivity index (χ0) is 13.7. The molecule has 0 saturated carbocycles. The normalized spacial score (nSPS) is 11.6. The molecule has 0 aliphatic rings. The van der Waals surface area contributed by atoms with Crippen LogP contribution in [0.3, 0.4) is 0 Å². The van der Waals surface area contributed by atoms with Crippen molar-refractivity contribution in [3.05, 3.63) is 21.6 Å². The highest BCUT2D eigenvalue weighted by Crippen LogP contribution is 2.14. The Morgan fingerprint density at radius 1 is 1.78 bits per heavy atom. The molecule has 1 atom stereocenters. The summed E-state index contributed by atoms with van der Waals surface area (Å²) in [4.78, 5) is 22.5. The Labute approximate surface area is 108 Å². The zero-order valence-corrected chi connectivity index (χ0v) is 10.0. The van der Waals surface area contributed by atoms with Gasteiger partial charge in [-0.3, -0.25) is 9.59 Å². The van der Waals surface area contributed by atoms with Gasteiger partial charge >= 0.3 is 0 Å². The number of nitrogens with one attached hydrogen (secondary N) is 1. The van der Waals surface area contributed by atoms with Gasteiger partial charge in [-0.1, -0.05) is 17.5 Å². The molecule has 0 bridgehead atoms. The van der Waals surface area contributed by atoms with Crippen molar-refractivity contribution in [2.24, 2.45) is 5.73 Å². The van der Waals surface area contributed by atoms with Crippen LogP contribution in [0.2, 0.25) is 5.02 Å². The molecule has 0 aliphatic heterocycles. The lowest BCUT2D eigenvalue weighted by Gasteiger charge is -2.11. The summed E-state index contributed by atoms with van der Waals surface area (Å²) in [6.07, 6.45) is 4.89. The van der Waals surface area contributed by atoms with E-state index in [-0.39, 0.29) is 23.8 Å². The van der Waals surface area contributed by atoms with Gasteiger partial charge in [-0.25, -0.2) is 4.68 Å². The number of amides is 1. The van der Waals surface area contributed by atoms with E-state index in [1.54, 1.807) is 0 Å². The second kappa shape index (κ2) is 6.05. The van der Waals surface area contributed by atoms with Crippen molar-refractivity contribution < 1.29 is 9.90 Å². The molecule has 1 amide bonds. The van der Waals surface area contributed by atoms with Gasteiger partial charge in [-0.2, -0.15) is 5.10 Å². The fourth-order valence-electron chi connectivity index (χ4n) is 1.13. The summed E-state index contributed by atoms with van der Waals surface area (Å²) < 4.78 is 1.02. The van der Waals surface area contributed by atoms with E-state index in [9.17, 15) is 14.7 Å². The average molecular weight is 271 g/mol. The summed E-state index contributed by atoms with van der Waals surface area (Å²) in [5.74, 6) is 1.35. The van der Waals surface area contributed by atoms with Crippen LogP contribution in [0.5, 0.6) is 0 Å². The average Bonchev–Trinajstić information content (AvgIpc) is 2.32. The number of nitrogens with zero attached hydrogens (tertiary/aromatic N) is 2. The van der Waals surface area contributed by atoms with Gasteiger partial charge < -0.3 is 16.2 Å². The molecule has 1 unspecified atom stereocenters. The lowest BCUT2D eigenvalue weighted by Crippen LogP contribution is -2.36. The minimum absolute atomic E-state index is 0.00205. The van der Waals surface area contributed by atoms with Crippen LogP contribution in [0.4, 0.5) is 5.69 Å². The van der Waals surface area contributed by atoms with Gasteiger partial charge in [0.2, 0.25) is 5.91 Å². The predicted molar refractivity (Wildman–Crippen MR) is 66.0 cm³/mol. The minimum Gasteiger partial charge on any atom is -0.381 e. The molecule has 1 rings (SSSR count). The number of carbonyl (C=O) groups excluding carboxylic acids is 1. The van der Waals surface area contributed by atoms with Crippen molar-refractivity contribution in [2.45, 2.75) is 12.6 Å². The third-order valence-electron chi connectivity index (χ3n) is 2.04. The van der Waals surface area contributed by atoms with Crippen LogP contribution in [0, 0.1) is 12.3 Å². The number of rotatable bonds is 5. The number of aliphatic hydroxyl groups excluding tert-OH is 1. The molecule has 96 valence electrons. The Morgan fingerprint density at radius 3 is 3.00 bits per heavy atom. The third kappa shape index (κ3) is 3.23. The maximum atomic E-state index is 11.8. The zero-order valence-electron chi connectivity index (χ0n) is 9.26. The molecule has 4 N–H and O–H groups in total. The van der Waals surface area contributed by atoms with Crippen LogP contribution >= 0.6 is 11.6 Å². The second-order valence-corrected chi connectivity index (χ2v) is 3.74. The van der Waals surface area contributed by atoms with Gasteiger partial charge in [-0.15, -0.1) is 6.42 Å². The number of aromatic nitrogens is 2. The van der Waals surface area contributed by atoms with E-state index >= 15 is 0 Å². The molecule has 0 fully saturated rings. The molecule has 1 aromatic heterocycles. The molecule has 0 spiro atoms. The fraction of sp³-hybridized carbons (Fsp3) is 0.300. The molecule has 1 heterocycles. The SMILES string of the molecule is C#CCn1ncc(Cl)c(NCC(O)C(N)=O)c1=O. The van der Waals surface area contributed by atoms with Gasteiger partial charge in [-0.05, 0) is 0 Å². The van der Waals surface area contributed by atoms with Crippen LogP contribution < -0.4 is 16.6 Å². The number of anilines is 1. The van der Waals surface area contributed by atoms with Gasteiger partial charge in [0.25, 0.3) is 5.56 Å². The van der Waals surface area contributed by atoms with E-state index in [4.69, 9.17) is 23.8 Å². The van der Waals surface area contributed by atoms with Gasteiger partial charge in [0, 0.05) is 0 Å². The number of hydrogen-bond donors (Lipinski definition) is 3. The van der Waals surface area contributed by atoms with E-state index < -0.39 is 17.6 Å². The lowest BCUT2D eigenvalue weighted by atomic mass is 10.3. The summed E-state index contributed by atoms with van der Waals surface area (Å²) in [5, 5.41) is 15.5. The third-order valence-corrected chi connectivity index (χ3v) is 2.33. The van der Waals surface area contributed by atoms with Crippen LogP contribution in [0.25, 0.3) is 0 Å². The molecule has 8 heteroatoms. The Balaban J connectivity index is 2.95. The Hall–Kier alpha value is -2.04. The topological polar surface area (TPSA) is 110 Å². The number of hydrogen-bond acceptors (Lipinski definition) is 5. The van der Waals surface area contributed by atoms with Crippen molar-refractivity contribution in [2.75, 3.05) is 11.9 Å². The first-order valence-electron chi connectivity index (χ1n) is 4.87. The first-order chi connectivity index (χ1) is 8.47. The summed E-state index contributed by atoms with van der Waals surface area (Å²) in [5.41, 5.74) is 4.33. The Kier molecular flexibility index (Phi) is 4.71. The first kappa shape index (κ1) is 14.0. The largest absolute Gasteiger partial charge is 0.381 e. The molecule has 18 heavy (non-hydrogen) atoms. The molecule has 0 aromatic carbocycles. The van der Waals surface area contributed by atoms with E-state index in [2.05, 4.69) is 16.3 Å². The predicted octanol–water partition coefficient (Wildman–Crippen LogP) is -1.21. The second-order valence-electron chi connectivity index (χ2n) is 3.33. The Bertz CT molecular complexity index is 549. The van der Waals surface area contributed by atoms with Gasteiger partial charge in [0.15, 0.2) is 0 Å². The number of nitrogens with two attached hydrogens (primary N) is 1. The van der Waals surface area contributed by atoms with E-state index in [1.165, 1.54) is 6.20 Å². The number of terminal acetylenes is 1. The lowest BCUT2D eigenvalue weighted by molar-refractivity contribution is -0.125. The summed E-state index contributed by atoms with van der Waals surface area (Å²) in [7, 11) is 0. The van der Waals surface area contributed by atoms with Gasteiger partial charge in [0.1, 0.15) is 18.3 Å². The van der Waals surface area contributed by atoms with Crippen molar-refractivity contribution in [1.82, 2.24) is 9.78 Å². The standard InChI is InChI=1S/C10H11ClN4O3/c1-2-3-15-10(18)8(6(11)4-14-15)13-5-7(16)9(12)17/h1,4,7,13,16H,3,5H2,(H2,12,17). The highest BCUT2D eigenvalue weighted by Gasteiger charge is 2.14. The maximum Gasteiger partial charge on any atom is 0.292 e. The Morgan fingerprint density at radius 2 is 2.44 bits per heavy atom. The van der Waals surface area contributed by atoms with Crippen molar-refractivity contribution in [3.8, 4) is 12.3 Å². The quantitative estimate of drug-likeness (QED) is 0.582. The smallest absolute Gasteiger partial charge is 0.292 e. The van der Waals surface area contributed by atoms with Gasteiger partial charge in [0.05, 0.1) is 17.8 Å². The van der Waals surface area contributed by atoms with Crippen LogP contribution in [-0.4, -0.2) is 33.4 Å². The molecule has 0 radical (unpaired) electrons.